The number of nitrogens with zero attached hydrogens (tertiary/aromatic N) is 4. The van der Waals surface area contributed by atoms with E-state index in [0.717, 1.165) is 25.0 Å². The molecule has 3 heterocycles. The summed E-state index contributed by atoms with van der Waals surface area (Å²) in [6.45, 7) is 1.75. The molecule has 0 aromatic carbocycles. The Morgan fingerprint density at radius 1 is 1.28 bits per heavy atom. The van der Waals surface area contributed by atoms with Crippen molar-refractivity contribution in [2.45, 2.75) is 55.9 Å². The fourth-order valence-corrected chi connectivity index (χ4v) is 3.64. The van der Waals surface area contributed by atoms with Crippen LogP contribution in [0.25, 0.3) is 11.2 Å². The molecule has 0 unspecified atom stereocenters. The van der Waals surface area contributed by atoms with Crippen LogP contribution in [0.3, 0.4) is 0 Å². The molecule has 25 heavy (non-hydrogen) atoms. The smallest absolute Gasteiger partial charge is 0.191 e. The largest absolute Gasteiger partial charge is 0.394 e. The molecule has 0 radical (unpaired) electrons. The topological polar surface area (TPSA) is 140 Å². The van der Waals surface area contributed by atoms with Gasteiger partial charge in [0.15, 0.2) is 22.8 Å². The molecular weight excluding hydrogens is 346 g/mol. The highest BCUT2D eigenvalue weighted by molar-refractivity contribution is 7.99. The Morgan fingerprint density at radius 3 is 2.76 bits per heavy atom. The third kappa shape index (κ3) is 3.58. The zero-order chi connectivity index (χ0) is 18.0. The van der Waals surface area contributed by atoms with Crippen molar-refractivity contribution in [1.29, 1.82) is 0 Å². The number of aliphatic hydroxyl groups excluding tert-OH is 3. The second-order valence-electron chi connectivity index (χ2n) is 6.00. The lowest BCUT2D eigenvalue weighted by Crippen LogP contribution is -2.33. The van der Waals surface area contributed by atoms with Crippen molar-refractivity contribution in [3.63, 3.8) is 0 Å². The molecule has 2 aromatic rings. The molecule has 1 fully saturated rings. The van der Waals surface area contributed by atoms with Gasteiger partial charge < -0.3 is 25.8 Å². The summed E-state index contributed by atoms with van der Waals surface area (Å²) in [4.78, 5) is 12.9. The van der Waals surface area contributed by atoms with Crippen LogP contribution in [0, 0.1) is 0 Å². The number of ether oxygens (including phenoxy) is 1. The van der Waals surface area contributed by atoms with Gasteiger partial charge in [0.25, 0.3) is 0 Å². The van der Waals surface area contributed by atoms with E-state index in [1.807, 2.05) is 0 Å². The van der Waals surface area contributed by atoms with E-state index in [1.165, 1.54) is 22.7 Å². The number of rotatable bonds is 7. The molecule has 10 heteroatoms. The predicted molar refractivity (Wildman–Crippen MR) is 93.0 cm³/mol. The van der Waals surface area contributed by atoms with Gasteiger partial charge in [-0.15, -0.1) is 0 Å². The number of imidazole rings is 1. The highest BCUT2D eigenvalue weighted by atomic mass is 32.2. The van der Waals surface area contributed by atoms with Crippen molar-refractivity contribution in [3.05, 3.63) is 6.33 Å². The SMILES string of the molecule is CCCCCSc1nc(N)c2ncn([C@@H]3O[C@H](CO)[C@@H](O)[C@H]3O)c2n1. The summed E-state index contributed by atoms with van der Waals surface area (Å²) in [5, 5.41) is 29.9. The van der Waals surface area contributed by atoms with Gasteiger partial charge in [0.2, 0.25) is 0 Å². The fourth-order valence-electron chi connectivity index (χ4n) is 2.79. The molecule has 1 aliphatic rings. The van der Waals surface area contributed by atoms with E-state index in [4.69, 9.17) is 10.5 Å². The van der Waals surface area contributed by atoms with Crippen molar-refractivity contribution in [2.24, 2.45) is 0 Å². The van der Waals surface area contributed by atoms with Crippen molar-refractivity contribution < 1.29 is 20.1 Å². The van der Waals surface area contributed by atoms with E-state index in [9.17, 15) is 15.3 Å². The van der Waals surface area contributed by atoms with Crippen LogP contribution >= 0.6 is 11.8 Å². The zero-order valence-electron chi connectivity index (χ0n) is 13.9. The molecule has 2 aromatic heterocycles. The number of fused-ring (bicyclic) bond motifs is 1. The number of hydrogen-bond acceptors (Lipinski definition) is 9. The van der Waals surface area contributed by atoms with E-state index in [2.05, 4.69) is 21.9 Å². The first kappa shape index (κ1) is 18.3. The summed E-state index contributed by atoms with van der Waals surface area (Å²) < 4.78 is 7.07. The molecule has 0 amide bonds. The van der Waals surface area contributed by atoms with Crippen LogP contribution < -0.4 is 5.73 Å². The molecule has 4 atom stereocenters. The monoisotopic (exact) mass is 369 g/mol. The number of nitrogens with two attached hydrogens (primary N) is 1. The number of thioether (sulfide) groups is 1. The standard InChI is InChI=1S/C15H23N5O4S/c1-2-3-4-5-25-15-18-12(16)9-13(19-15)20(7-17-9)14-11(23)10(22)8(6-21)24-14/h7-8,10-11,14,21-23H,2-6H2,1H3,(H2,16,18,19)/t8-,10-,11-,14-/m1/s1. The predicted octanol–water partition coefficient (Wildman–Crippen LogP) is 0.302. The minimum atomic E-state index is -1.20. The molecule has 0 aliphatic carbocycles. The third-order valence-electron chi connectivity index (χ3n) is 4.20. The first-order chi connectivity index (χ1) is 12.1. The lowest BCUT2D eigenvalue weighted by Gasteiger charge is -2.16. The fraction of sp³-hybridized carbons (Fsp3) is 0.667. The minimum absolute atomic E-state index is 0.258. The van der Waals surface area contributed by atoms with E-state index in [0.29, 0.717) is 16.3 Å². The molecular formula is C15H23N5O4S. The van der Waals surface area contributed by atoms with E-state index in [-0.39, 0.29) is 5.82 Å². The van der Waals surface area contributed by atoms with Gasteiger partial charge in [-0.05, 0) is 6.42 Å². The first-order valence-corrected chi connectivity index (χ1v) is 9.30. The molecule has 1 saturated heterocycles. The first-order valence-electron chi connectivity index (χ1n) is 8.32. The molecule has 0 bridgehead atoms. The number of aromatic nitrogens is 4. The Labute approximate surface area is 149 Å². The van der Waals surface area contributed by atoms with Crippen molar-refractivity contribution in [2.75, 3.05) is 18.1 Å². The Kier molecular flexibility index (Phi) is 5.74. The summed E-state index contributed by atoms with van der Waals surface area (Å²) in [5.41, 5.74) is 6.83. The van der Waals surface area contributed by atoms with Gasteiger partial charge in [-0.2, -0.15) is 0 Å². The molecule has 0 spiro atoms. The highest BCUT2D eigenvalue weighted by Crippen LogP contribution is 2.32. The highest BCUT2D eigenvalue weighted by Gasteiger charge is 2.44. The van der Waals surface area contributed by atoms with Crippen LogP contribution in [0.2, 0.25) is 0 Å². The van der Waals surface area contributed by atoms with Crippen LogP contribution in [0.4, 0.5) is 5.82 Å². The Bertz CT molecular complexity index is 727. The molecule has 3 rings (SSSR count). The summed E-state index contributed by atoms with van der Waals surface area (Å²) >= 11 is 1.51. The number of unbranched alkanes of at least 4 members (excludes halogenated alkanes) is 2. The van der Waals surface area contributed by atoms with Crippen LogP contribution in [0.5, 0.6) is 0 Å². The quantitative estimate of drug-likeness (QED) is 0.308. The van der Waals surface area contributed by atoms with Gasteiger partial charge in [-0.25, -0.2) is 15.0 Å². The number of nitrogen functional groups attached to an aromatic ring is 1. The number of hydrogen-bond donors (Lipinski definition) is 4. The van der Waals surface area contributed by atoms with Crippen molar-refractivity contribution in [1.82, 2.24) is 19.5 Å². The van der Waals surface area contributed by atoms with Gasteiger partial charge in [-0.3, -0.25) is 4.57 Å². The van der Waals surface area contributed by atoms with Gasteiger partial charge in [0.05, 0.1) is 12.9 Å². The van der Waals surface area contributed by atoms with Crippen LogP contribution in [0.1, 0.15) is 32.4 Å². The van der Waals surface area contributed by atoms with E-state index in [1.54, 1.807) is 0 Å². The number of aliphatic hydroxyl groups is 3. The average Bonchev–Trinajstić information content (AvgIpc) is 3.14. The van der Waals surface area contributed by atoms with Crippen LogP contribution in [0.15, 0.2) is 11.5 Å². The lowest BCUT2D eigenvalue weighted by atomic mass is 10.1. The maximum absolute atomic E-state index is 10.2. The zero-order valence-corrected chi connectivity index (χ0v) is 14.8. The maximum atomic E-state index is 10.2. The van der Waals surface area contributed by atoms with Gasteiger partial charge >= 0.3 is 0 Å². The normalized spacial score (nSPS) is 26.6. The van der Waals surface area contributed by atoms with Gasteiger partial charge in [0, 0.05) is 5.75 Å². The maximum Gasteiger partial charge on any atom is 0.191 e. The van der Waals surface area contributed by atoms with E-state index >= 15 is 0 Å². The van der Waals surface area contributed by atoms with Gasteiger partial charge in [-0.1, -0.05) is 31.5 Å². The minimum Gasteiger partial charge on any atom is -0.394 e. The lowest BCUT2D eigenvalue weighted by molar-refractivity contribution is -0.0511. The Morgan fingerprint density at radius 2 is 2.08 bits per heavy atom. The summed E-state index contributed by atoms with van der Waals surface area (Å²) in [6.07, 6.45) is 0.647. The molecule has 9 nitrogen and oxygen atoms in total. The Hall–Kier alpha value is -1.46. The van der Waals surface area contributed by atoms with E-state index < -0.39 is 31.1 Å². The Balaban J connectivity index is 1.88. The second-order valence-corrected chi connectivity index (χ2v) is 7.06. The van der Waals surface area contributed by atoms with Crippen LogP contribution in [-0.2, 0) is 4.74 Å². The molecule has 1 aliphatic heterocycles. The number of anilines is 1. The molecule has 5 N–H and O–H groups in total. The second kappa shape index (κ2) is 7.83. The van der Waals surface area contributed by atoms with Crippen molar-refractivity contribution in [3.8, 4) is 0 Å². The van der Waals surface area contributed by atoms with Crippen molar-refractivity contribution >= 4 is 28.7 Å². The summed E-state index contributed by atoms with van der Waals surface area (Å²) in [5.74, 6) is 1.15. The molecule has 0 saturated carbocycles. The summed E-state index contributed by atoms with van der Waals surface area (Å²) in [7, 11) is 0. The third-order valence-corrected chi connectivity index (χ3v) is 5.13. The van der Waals surface area contributed by atoms with Crippen LogP contribution in [-0.4, -0.2) is 65.5 Å². The average molecular weight is 369 g/mol. The molecule has 138 valence electrons. The summed E-state index contributed by atoms with van der Waals surface area (Å²) in [6, 6.07) is 0. The van der Waals surface area contributed by atoms with Gasteiger partial charge in [0.1, 0.15) is 23.8 Å².